The van der Waals surface area contributed by atoms with Crippen LogP contribution in [0.4, 0.5) is 4.39 Å². The van der Waals surface area contributed by atoms with Gasteiger partial charge >= 0.3 is 0 Å². The van der Waals surface area contributed by atoms with Crippen molar-refractivity contribution in [2.24, 2.45) is 0 Å². The van der Waals surface area contributed by atoms with Crippen molar-refractivity contribution >= 4 is 17.7 Å². The maximum absolute atomic E-state index is 13.1. The molecule has 1 aliphatic heterocycles. The molecule has 0 fully saturated rings. The number of fused-ring (bicyclic) bond motifs is 1. The standard InChI is InChI=1S/C22H17FN2O5/c23-15-3-1-4-16(12-15)30-10-8-24-20(26)14-6-7-18-19(11-14)22(28)25(21(18)27)13-17-5-2-9-29-17/h1-7,9,11-12H,8,10,13H2,(H,24,26). The quantitative estimate of drug-likeness (QED) is 0.480. The van der Waals surface area contributed by atoms with Gasteiger partial charge in [-0.1, -0.05) is 6.07 Å². The summed E-state index contributed by atoms with van der Waals surface area (Å²) < 4.78 is 23.7. The Hall–Kier alpha value is -3.94. The van der Waals surface area contributed by atoms with Gasteiger partial charge in [0.25, 0.3) is 17.7 Å². The van der Waals surface area contributed by atoms with Crippen LogP contribution in [0.1, 0.15) is 36.8 Å². The molecule has 1 aromatic heterocycles. The number of hydrogen-bond acceptors (Lipinski definition) is 5. The number of amides is 3. The molecule has 1 aliphatic rings. The first-order valence-electron chi connectivity index (χ1n) is 9.22. The van der Waals surface area contributed by atoms with Crippen LogP contribution in [0.5, 0.6) is 5.75 Å². The van der Waals surface area contributed by atoms with Gasteiger partial charge in [-0.15, -0.1) is 0 Å². The molecule has 8 heteroatoms. The summed E-state index contributed by atoms with van der Waals surface area (Å²) in [5, 5.41) is 2.67. The third kappa shape index (κ3) is 3.93. The van der Waals surface area contributed by atoms with Crippen molar-refractivity contribution in [1.82, 2.24) is 10.2 Å². The lowest BCUT2D eigenvalue weighted by Gasteiger charge is -2.11. The van der Waals surface area contributed by atoms with Crippen LogP contribution in [0.15, 0.2) is 65.3 Å². The number of rotatable bonds is 7. The summed E-state index contributed by atoms with van der Waals surface area (Å²) in [6.07, 6.45) is 1.47. The smallest absolute Gasteiger partial charge is 0.261 e. The van der Waals surface area contributed by atoms with Crippen molar-refractivity contribution in [1.29, 1.82) is 0 Å². The lowest BCUT2D eigenvalue weighted by atomic mass is 10.1. The highest BCUT2D eigenvalue weighted by Gasteiger charge is 2.36. The Balaban J connectivity index is 1.37. The Morgan fingerprint density at radius 2 is 1.87 bits per heavy atom. The highest BCUT2D eigenvalue weighted by atomic mass is 19.1. The van der Waals surface area contributed by atoms with Crippen LogP contribution in [-0.2, 0) is 6.54 Å². The van der Waals surface area contributed by atoms with Crippen LogP contribution in [0.25, 0.3) is 0 Å². The van der Waals surface area contributed by atoms with Gasteiger partial charge in [0.2, 0.25) is 0 Å². The molecule has 152 valence electrons. The lowest BCUT2D eigenvalue weighted by molar-refractivity contribution is 0.0631. The van der Waals surface area contributed by atoms with Gasteiger partial charge in [0.05, 0.1) is 30.5 Å². The Morgan fingerprint density at radius 3 is 2.63 bits per heavy atom. The van der Waals surface area contributed by atoms with Gasteiger partial charge in [0.15, 0.2) is 0 Å². The van der Waals surface area contributed by atoms with Gasteiger partial charge in [-0.2, -0.15) is 0 Å². The van der Waals surface area contributed by atoms with Crippen LogP contribution < -0.4 is 10.1 Å². The second-order valence-corrected chi connectivity index (χ2v) is 6.60. The number of hydrogen-bond donors (Lipinski definition) is 1. The number of nitrogens with zero attached hydrogens (tertiary/aromatic N) is 1. The van der Waals surface area contributed by atoms with Crippen molar-refractivity contribution in [3.8, 4) is 5.75 Å². The number of carbonyl (C=O) groups excluding carboxylic acids is 3. The topological polar surface area (TPSA) is 88.8 Å². The molecular formula is C22H17FN2O5. The minimum Gasteiger partial charge on any atom is -0.492 e. The number of furan rings is 1. The molecule has 0 aliphatic carbocycles. The summed E-state index contributed by atoms with van der Waals surface area (Å²) in [5.74, 6) is -0.874. The highest BCUT2D eigenvalue weighted by Crippen LogP contribution is 2.25. The number of halogens is 1. The first-order valence-corrected chi connectivity index (χ1v) is 9.22. The van der Waals surface area contributed by atoms with E-state index in [4.69, 9.17) is 9.15 Å². The number of carbonyl (C=O) groups is 3. The largest absolute Gasteiger partial charge is 0.492 e. The zero-order valence-corrected chi connectivity index (χ0v) is 15.8. The minimum absolute atomic E-state index is 0.0261. The molecule has 0 atom stereocenters. The maximum atomic E-state index is 13.1. The summed E-state index contributed by atoms with van der Waals surface area (Å²) in [6, 6.07) is 13.4. The van der Waals surface area contributed by atoms with E-state index in [0.29, 0.717) is 11.5 Å². The lowest BCUT2D eigenvalue weighted by Crippen LogP contribution is -2.29. The molecule has 2 aromatic carbocycles. The normalized spacial score (nSPS) is 12.8. The molecule has 2 heterocycles. The van der Waals surface area contributed by atoms with Crippen LogP contribution in [-0.4, -0.2) is 35.8 Å². The predicted molar refractivity (Wildman–Crippen MR) is 104 cm³/mol. The van der Waals surface area contributed by atoms with Crippen LogP contribution in [0.2, 0.25) is 0 Å². The molecule has 4 rings (SSSR count). The van der Waals surface area contributed by atoms with Crippen molar-refractivity contribution in [3.05, 3.63) is 89.1 Å². The van der Waals surface area contributed by atoms with E-state index < -0.39 is 23.5 Å². The number of benzene rings is 2. The monoisotopic (exact) mass is 408 g/mol. The first-order chi connectivity index (χ1) is 14.5. The molecule has 0 spiro atoms. The molecule has 3 aromatic rings. The van der Waals surface area contributed by atoms with Gasteiger partial charge in [-0.25, -0.2) is 4.39 Å². The zero-order valence-electron chi connectivity index (χ0n) is 15.8. The third-order valence-electron chi connectivity index (χ3n) is 4.58. The number of ether oxygens (including phenoxy) is 1. The fourth-order valence-corrected chi connectivity index (χ4v) is 3.13. The summed E-state index contributed by atoms with van der Waals surface area (Å²) in [6.45, 7) is 0.358. The summed E-state index contributed by atoms with van der Waals surface area (Å²) in [5.41, 5.74) is 0.674. The van der Waals surface area contributed by atoms with E-state index in [-0.39, 0.29) is 36.4 Å². The van der Waals surface area contributed by atoms with Gasteiger partial charge in [0.1, 0.15) is 23.9 Å². The summed E-state index contributed by atoms with van der Waals surface area (Å²) >= 11 is 0. The Morgan fingerprint density at radius 1 is 1.03 bits per heavy atom. The van der Waals surface area contributed by atoms with Crippen LogP contribution in [0.3, 0.4) is 0 Å². The van der Waals surface area contributed by atoms with Gasteiger partial charge in [-0.05, 0) is 42.5 Å². The van der Waals surface area contributed by atoms with E-state index in [9.17, 15) is 18.8 Å². The van der Waals surface area contributed by atoms with Crippen LogP contribution in [0, 0.1) is 5.82 Å². The maximum Gasteiger partial charge on any atom is 0.261 e. The molecule has 0 unspecified atom stereocenters. The van der Waals surface area contributed by atoms with Crippen LogP contribution >= 0.6 is 0 Å². The van der Waals surface area contributed by atoms with Gasteiger partial charge < -0.3 is 14.5 Å². The summed E-state index contributed by atoms with van der Waals surface area (Å²) in [7, 11) is 0. The molecule has 7 nitrogen and oxygen atoms in total. The second kappa shape index (κ2) is 8.20. The molecule has 0 saturated carbocycles. The third-order valence-corrected chi connectivity index (χ3v) is 4.58. The van der Waals surface area contributed by atoms with E-state index in [1.807, 2.05) is 0 Å². The van der Waals surface area contributed by atoms with Crippen molar-refractivity contribution in [2.45, 2.75) is 6.54 Å². The number of imide groups is 1. The second-order valence-electron chi connectivity index (χ2n) is 6.60. The zero-order chi connectivity index (χ0) is 21.1. The molecule has 30 heavy (non-hydrogen) atoms. The average molecular weight is 408 g/mol. The van der Waals surface area contributed by atoms with E-state index in [1.54, 1.807) is 18.2 Å². The highest BCUT2D eigenvalue weighted by molar-refractivity contribution is 6.22. The van der Waals surface area contributed by atoms with Crippen molar-refractivity contribution in [2.75, 3.05) is 13.2 Å². The van der Waals surface area contributed by atoms with E-state index in [1.165, 1.54) is 42.7 Å². The summed E-state index contributed by atoms with van der Waals surface area (Å²) in [4.78, 5) is 38.6. The SMILES string of the molecule is O=C(NCCOc1cccc(F)c1)c1ccc2c(c1)C(=O)N(Cc1ccco1)C2=O. The Bertz CT molecular complexity index is 1110. The molecule has 0 saturated heterocycles. The van der Waals surface area contributed by atoms with E-state index in [0.717, 1.165) is 4.90 Å². The first kappa shape index (κ1) is 19.4. The fourth-order valence-electron chi connectivity index (χ4n) is 3.13. The molecule has 0 bridgehead atoms. The van der Waals surface area contributed by atoms with E-state index >= 15 is 0 Å². The average Bonchev–Trinajstić information content (AvgIpc) is 3.34. The van der Waals surface area contributed by atoms with Crippen molar-refractivity contribution in [3.63, 3.8) is 0 Å². The minimum atomic E-state index is -0.476. The predicted octanol–water partition coefficient (Wildman–Crippen LogP) is 3.02. The molecular weight excluding hydrogens is 391 g/mol. The Kier molecular flexibility index (Phi) is 5.30. The van der Waals surface area contributed by atoms with E-state index in [2.05, 4.69) is 5.32 Å². The van der Waals surface area contributed by atoms with Gasteiger partial charge in [0, 0.05) is 11.6 Å². The van der Waals surface area contributed by atoms with Gasteiger partial charge in [-0.3, -0.25) is 19.3 Å². The number of nitrogens with one attached hydrogen (secondary N) is 1. The molecule has 1 N–H and O–H groups in total. The molecule has 0 radical (unpaired) electrons. The molecule has 3 amide bonds. The van der Waals surface area contributed by atoms with Crippen molar-refractivity contribution < 1.29 is 27.9 Å². The Labute approximate surface area is 171 Å². The fraction of sp³-hybridized carbons (Fsp3) is 0.136.